The van der Waals surface area contributed by atoms with Gasteiger partial charge in [-0.25, -0.2) is 0 Å². The van der Waals surface area contributed by atoms with Crippen molar-refractivity contribution in [3.63, 3.8) is 0 Å². The van der Waals surface area contributed by atoms with Crippen molar-refractivity contribution in [2.45, 2.75) is 19.9 Å². The van der Waals surface area contributed by atoms with Crippen LogP contribution in [0.1, 0.15) is 28.0 Å². The van der Waals surface area contributed by atoms with Gasteiger partial charge in [-0.05, 0) is 43.2 Å². The Bertz CT molecular complexity index is 671. The van der Waals surface area contributed by atoms with E-state index in [2.05, 4.69) is 15.1 Å². The smallest absolute Gasteiger partial charge is 0.253 e. The minimum Gasteiger partial charge on any atom is -0.337 e. The van der Waals surface area contributed by atoms with Crippen molar-refractivity contribution in [2.24, 2.45) is 0 Å². The first-order chi connectivity index (χ1) is 11.1. The van der Waals surface area contributed by atoms with Gasteiger partial charge in [0.15, 0.2) is 0 Å². The van der Waals surface area contributed by atoms with Crippen LogP contribution in [-0.4, -0.2) is 52.1 Å². The van der Waals surface area contributed by atoms with Crippen LogP contribution in [0.3, 0.4) is 0 Å². The minimum atomic E-state index is 0.0909. The molecule has 0 unspecified atom stereocenters. The van der Waals surface area contributed by atoms with E-state index >= 15 is 0 Å². The third kappa shape index (κ3) is 3.92. The van der Waals surface area contributed by atoms with Gasteiger partial charge in [0.1, 0.15) is 0 Å². The lowest BCUT2D eigenvalue weighted by molar-refractivity contribution is 0.0761. The highest BCUT2D eigenvalue weighted by molar-refractivity contribution is 6.31. The van der Waals surface area contributed by atoms with E-state index in [4.69, 9.17) is 11.6 Å². The molecule has 0 aliphatic carbocycles. The topological polar surface area (TPSA) is 52.2 Å². The average Bonchev–Trinajstić information content (AvgIpc) is 2.94. The number of nitrogens with zero attached hydrogens (tertiary/aromatic N) is 3. The van der Waals surface area contributed by atoms with Crippen LogP contribution in [0.2, 0.25) is 5.02 Å². The van der Waals surface area contributed by atoms with Crippen molar-refractivity contribution in [3.05, 3.63) is 52.3 Å². The predicted molar refractivity (Wildman–Crippen MR) is 90.6 cm³/mol. The summed E-state index contributed by atoms with van der Waals surface area (Å²) in [5.74, 6) is 0.0909. The van der Waals surface area contributed by atoms with Crippen molar-refractivity contribution < 1.29 is 4.79 Å². The number of aryl methyl sites for hydroxylation is 1. The molecule has 1 fully saturated rings. The molecule has 0 radical (unpaired) electrons. The highest BCUT2D eigenvalue weighted by atomic mass is 35.5. The molecule has 23 heavy (non-hydrogen) atoms. The second-order valence-corrected chi connectivity index (χ2v) is 6.37. The SMILES string of the molecule is Cc1cc(C(=O)N2CCCN(Cc3ccn[nH]3)CC2)ccc1Cl. The summed E-state index contributed by atoms with van der Waals surface area (Å²) in [4.78, 5) is 17.0. The van der Waals surface area contributed by atoms with Gasteiger partial charge in [0.05, 0.1) is 0 Å². The number of carbonyl (C=O) groups excluding carboxylic acids is 1. The van der Waals surface area contributed by atoms with E-state index in [0.717, 1.165) is 50.4 Å². The Hall–Kier alpha value is -1.85. The average molecular weight is 333 g/mol. The third-order valence-corrected chi connectivity index (χ3v) is 4.66. The van der Waals surface area contributed by atoms with Crippen molar-refractivity contribution >= 4 is 17.5 Å². The molecule has 0 bridgehead atoms. The summed E-state index contributed by atoms with van der Waals surface area (Å²) in [6, 6.07) is 7.47. The number of amides is 1. The molecule has 1 aliphatic rings. The van der Waals surface area contributed by atoms with E-state index in [-0.39, 0.29) is 5.91 Å². The molecule has 1 N–H and O–H groups in total. The van der Waals surface area contributed by atoms with Gasteiger partial charge in [-0.3, -0.25) is 14.8 Å². The van der Waals surface area contributed by atoms with Gasteiger partial charge in [0, 0.05) is 55.2 Å². The zero-order valence-corrected chi connectivity index (χ0v) is 14.0. The lowest BCUT2D eigenvalue weighted by Crippen LogP contribution is -2.35. The fourth-order valence-electron chi connectivity index (χ4n) is 2.91. The number of nitrogens with one attached hydrogen (secondary N) is 1. The number of hydrogen-bond donors (Lipinski definition) is 1. The first kappa shape index (κ1) is 16.0. The van der Waals surface area contributed by atoms with Crippen LogP contribution in [0.25, 0.3) is 0 Å². The Morgan fingerprint density at radius 1 is 1.26 bits per heavy atom. The van der Waals surface area contributed by atoms with Crippen molar-refractivity contribution in [1.82, 2.24) is 20.0 Å². The van der Waals surface area contributed by atoms with E-state index in [1.165, 1.54) is 0 Å². The number of H-pyrrole nitrogens is 1. The second kappa shape index (κ2) is 7.15. The first-order valence-corrected chi connectivity index (χ1v) is 8.27. The van der Waals surface area contributed by atoms with Crippen LogP contribution < -0.4 is 0 Å². The molecule has 3 rings (SSSR count). The number of aromatic nitrogens is 2. The van der Waals surface area contributed by atoms with E-state index in [1.54, 1.807) is 12.3 Å². The number of rotatable bonds is 3. The lowest BCUT2D eigenvalue weighted by Gasteiger charge is -2.22. The molecule has 2 aromatic rings. The summed E-state index contributed by atoms with van der Waals surface area (Å²) in [5, 5.41) is 7.67. The van der Waals surface area contributed by atoms with Gasteiger partial charge in [-0.1, -0.05) is 11.6 Å². The highest BCUT2D eigenvalue weighted by Crippen LogP contribution is 2.18. The monoisotopic (exact) mass is 332 g/mol. The maximum Gasteiger partial charge on any atom is 0.253 e. The molecule has 0 atom stereocenters. The number of carbonyl (C=O) groups is 1. The third-order valence-electron chi connectivity index (χ3n) is 4.23. The molecule has 5 nitrogen and oxygen atoms in total. The van der Waals surface area contributed by atoms with Gasteiger partial charge in [0.25, 0.3) is 5.91 Å². The zero-order chi connectivity index (χ0) is 16.2. The molecule has 0 spiro atoms. The second-order valence-electron chi connectivity index (χ2n) is 5.97. The molecule has 1 saturated heterocycles. The molecule has 1 aromatic heterocycles. The summed E-state index contributed by atoms with van der Waals surface area (Å²) in [6.07, 6.45) is 2.75. The molecule has 1 aliphatic heterocycles. The van der Waals surface area contributed by atoms with Gasteiger partial charge >= 0.3 is 0 Å². The van der Waals surface area contributed by atoms with Gasteiger partial charge in [0.2, 0.25) is 0 Å². The standard InChI is InChI=1S/C17H21ClN4O/c1-13-11-14(3-4-16(13)18)17(23)22-8-2-7-21(9-10-22)12-15-5-6-19-20-15/h3-6,11H,2,7-10,12H2,1H3,(H,19,20). The molecule has 0 saturated carbocycles. The van der Waals surface area contributed by atoms with Crippen molar-refractivity contribution in [3.8, 4) is 0 Å². The molecular weight excluding hydrogens is 312 g/mol. The number of benzene rings is 1. The Morgan fingerprint density at radius 3 is 2.87 bits per heavy atom. The van der Waals surface area contributed by atoms with Crippen LogP contribution in [0.4, 0.5) is 0 Å². The van der Waals surface area contributed by atoms with Crippen molar-refractivity contribution in [2.75, 3.05) is 26.2 Å². The lowest BCUT2D eigenvalue weighted by atomic mass is 10.1. The number of aromatic amines is 1. The molecule has 122 valence electrons. The van der Waals surface area contributed by atoms with Gasteiger partial charge in [-0.15, -0.1) is 0 Å². The van der Waals surface area contributed by atoms with E-state index in [9.17, 15) is 4.79 Å². The van der Waals surface area contributed by atoms with Crippen LogP contribution in [-0.2, 0) is 6.54 Å². The van der Waals surface area contributed by atoms with Gasteiger partial charge in [-0.2, -0.15) is 5.10 Å². The van der Waals surface area contributed by atoms with E-state index < -0.39 is 0 Å². The first-order valence-electron chi connectivity index (χ1n) is 7.89. The molecule has 2 heterocycles. The molecule has 6 heteroatoms. The molecular formula is C17H21ClN4O. The summed E-state index contributed by atoms with van der Waals surface area (Å²) >= 11 is 6.04. The van der Waals surface area contributed by atoms with Gasteiger partial charge < -0.3 is 4.90 Å². The summed E-state index contributed by atoms with van der Waals surface area (Å²) < 4.78 is 0. The fraction of sp³-hybridized carbons (Fsp3) is 0.412. The van der Waals surface area contributed by atoms with Crippen LogP contribution in [0, 0.1) is 6.92 Å². The Morgan fingerprint density at radius 2 is 2.13 bits per heavy atom. The summed E-state index contributed by atoms with van der Waals surface area (Å²) in [5.41, 5.74) is 2.76. The van der Waals surface area contributed by atoms with Crippen LogP contribution >= 0.6 is 11.6 Å². The zero-order valence-electron chi connectivity index (χ0n) is 13.3. The minimum absolute atomic E-state index is 0.0909. The quantitative estimate of drug-likeness (QED) is 0.940. The Labute approximate surface area is 141 Å². The Balaban J connectivity index is 1.62. The maximum absolute atomic E-state index is 12.7. The number of halogens is 1. The van der Waals surface area contributed by atoms with E-state index in [0.29, 0.717) is 10.6 Å². The summed E-state index contributed by atoms with van der Waals surface area (Å²) in [6.45, 7) is 6.17. The maximum atomic E-state index is 12.7. The predicted octanol–water partition coefficient (Wildman–Crippen LogP) is 2.72. The van der Waals surface area contributed by atoms with Crippen LogP contribution in [0.5, 0.6) is 0 Å². The highest BCUT2D eigenvalue weighted by Gasteiger charge is 2.20. The largest absolute Gasteiger partial charge is 0.337 e. The summed E-state index contributed by atoms with van der Waals surface area (Å²) in [7, 11) is 0. The normalized spacial score (nSPS) is 16.3. The number of hydrogen-bond acceptors (Lipinski definition) is 3. The fourth-order valence-corrected chi connectivity index (χ4v) is 3.02. The van der Waals surface area contributed by atoms with Crippen LogP contribution in [0.15, 0.2) is 30.5 Å². The Kier molecular flexibility index (Phi) is 4.98. The van der Waals surface area contributed by atoms with E-state index in [1.807, 2.05) is 30.0 Å². The van der Waals surface area contributed by atoms with Crippen molar-refractivity contribution in [1.29, 1.82) is 0 Å². The molecule has 1 amide bonds. The molecule has 1 aromatic carbocycles.